The maximum absolute atomic E-state index is 8.16. The van der Waals surface area contributed by atoms with Crippen molar-refractivity contribution in [1.29, 1.82) is 5.26 Å². The third-order valence-corrected chi connectivity index (χ3v) is 1.46. The van der Waals surface area contributed by atoms with Gasteiger partial charge in [-0.15, -0.1) is 4.33 Å². The first-order chi connectivity index (χ1) is 6.93. The summed E-state index contributed by atoms with van der Waals surface area (Å²) in [5.41, 5.74) is 0. The zero-order valence-corrected chi connectivity index (χ0v) is 9.08. The second-order valence-electron chi connectivity index (χ2n) is 1.88. The van der Waals surface area contributed by atoms with E-state index in [1.807, 2.05) is 38.1 Å². The lowest BCUT2D eigenvalue weighted by Crippen LogP contribution is -1.88. The molecule has 14 heavy (non-hydrogen) atoms. The second-order valence-corrected chi connectivity index (χ2v) is 2.55. The highest BCUT2D eigenvalue weighted by Crippen LogP contribution is 2.11. The van der Waals surface area contributed by atoms with Crippen LogP contribution in [0.15, 0.2) is 30.3 Å². The molecule has 0 saturated carbocycles. The van der Waals surface area contributed by atoms with Crippen molar-refractivity contribution in [1.82, 2.24) is 0 Å². The van der Waals surface area contributed by atoms with Crippen LogP contribution >= 0.6 is 12.0 Å². The SMILES string of the molecule is CC.N#CCSOOc1ccccc1. The van der Waals surface area contributed by atoms with Crippen LogP contribution in [0.4, 0.5) is 0 Å². The number of para-hydroxylation sites is 1. The Bertz CT molecular complexity index is 259. The van der Waals surface area contributed by atoms with Crippen molar-refractivity contribution in [3.05, 3.63) is 30.3 Å². The molecular weight excluding hydrogens is 198 g/mol. The van der Waals surface area contributed by atoms with Crippen LogP contribution < -0.4 is 4.89 Å². The number of rotatable bonds is 4. The van der Waals surface area contributed by atoms with E-state index in [4.69, 9.17) is 10.1 Å². The molecule has 1 aromatic carbocycles. The van der Waals surface area contributed by atoms with Crippen LogP contribution in [-0.2, 0) is 4.33 Å². The Kier molecular flexibility index (Phi) is 9.07. The summed E-state index contributed by atoms with van der Waals surface area (Å²) in [6, 6.07) is 11.0. The van der Waals surface area contributed by atoms with Gasteiger partial charge in [-0.2, -0.15) is 5.26 Å². The number of hydrogen-bond donors (Lipinski definition) is 0. The van der Waals surface area contributed by atoms with Crippen molar-refractivity contribution < 1.29 is 9.22 Å². The maximum Gasteiger partial charge on any atom is 0.166 e. The molecule has 0 aromatic heterocycles. The Morgan fingerprint density at radius 3 is 2.50 bits per heavy atom. The van der Waals surface area contributed by atoms with Crippen molar-refractivity contribution >= 4 is 12.0 Å². The van der Waals surface area contributed by atoms with Gasteiger partial charge in [0, 0.05) is 0 Å². The van der Waals surface area contributed by atoms with Crippen LogP contribution in [-0.4, -0.2) is 5.75 Å². The van der Waals surface area contributed by atoms with Crippen LogP contribution in [0.1, 0.15) is 13.8 Å². The Balaban J connectivity index is 0.000000791. The van der Waals surface area contributed by atoms with Gasteiger partial charge in [0.25, 0.3) is 0 Å². The molecular formula is C10H13NO2S. The van der Waals surface area contributed by atoms with Gasteiger partial charge < -0.3 is 4.89 Å². The average molecular weight is 211 g/mol. The Labute approximate surface area is 88.8 Å². The zero-order chi connectivity index (χ0) is 10.6. The van der Waals surface area contributed by atoms with E-state index in [1.165, 1.54) is 0 Å². The fourth-order valence-electron chi connectivity index (χ4n) is 0.590. The molecule has 0 spiro atoms. The van der Waals surface area contributed by atoms with Gasteiger partial charge in [-0.05, 0) is 12.1 Å². The number of benzene rings is 1. The summed E-state index contributed by atoms with van der Waals surface area (Å²) in [4.78, 5) is 4.82. The molecule has 0 unspecified atom stereocenters. The summed E-state index contributed by atoms with van der Waals surface area (Å²) in [6.45, 7) is 4.00. The van der Waals surface area contributed by atoms with E-state index in [-0.39, 0.29) is 5.75 Å². The third kappa shape index (κ3) is 6.35. The number of nitriles is 1. The van der Waals surface area contributed by atoms with Crippen LogP contribution in [0, 0.1) is 11.3 Å². The second kappa shape index (κ2) is 9.90. The summed E-state index contributed by atoms with van der Waals surface area (Å²) in [5, 5.41) is 8.16. The molecule has 0 aliphatic heterocycles. The smallest absolute Gasteiger partial charge is 0.166 e. The lowest BCUT2D eigenvalue weighted by Gasteiger charge is -1.99. The largest absolute Gasteiger partial charge is 0.325 e. The topological polar surface area (TPSA) is 42.2 Å². The van der Waals surface area contributed by atoms with Gasteiger partial charge >= 0.3 is 0 Å². The summed E-state index contributed by atoms with van der Waals surface area (Å²) in [5.74, 6) is 0.885. The molecule has 0 atom stereocenters. The van der Waals surface area contributed by atoms with Crippen molar-refractivity contribution in [2.45, 2.75) is 13.8 Å². The fraction of sp³-hybridized carbons (Fsp3) is 0.300. The molecule has 0 radical (unpaired) electrons. The van der Waals surface area contributed by atoms with Gasteiger partial charge in [-0.1, -0.05) is 32.0 Å². The van der Waals surface area contributed by atoms with E-state index in [0.29, 0.717) is 5.75 Å². The molecule has 0 aliphatic carbocycles. The van der Waals surface area contributed by atoms with E-state index >= 15 is 0 Å². The zero-order valence-electron chi connectivity index (χ0n) is 8.27. The number of hydrogen-bond acceptors (Lipinski definition) is 4. The van der Waals surface area contributed by atoms with Gasteiger partial charge in [-0.25, -0.2) is 0 Å². The van der Waals surface area contributed by atoms with Crippen LogP contribution in [0.2, 0.25) is 0 Å². The molecule has 1 aromatic rings. The van der Waals surface area contributed by atoms with E-state index in [9.17, 15) is 0 Å². The first kappa shape index (κ1) is 12.8. The molecule has 0 fully saturated rings. The van der Waals surface area contributed by atoms with Crippen LogP contribution in [0.25, 0.3) is 0 Å². The minimum absolute atomic E-state index is 0.257. The van der Waals surface area contributed by atoms with Gasteiger partial charge in [-0.3, -0.25) is 0 Å². The lowest BCUT2D eigenvalue weighted by molar-refractivity contribution is -0.0773. The first-order valence-electron chi connectivity index (χ1n) is 4.31. The molecule has 1 rings (SSSR count). The van der Waals surface area contributed by atoms with Gasteiger partial charge in [0.1, 0.15) is 5.75 Å². The van der Waals surface area contributed by atoms with E-state index in [0.717, 1.165) is 12.0 Å². The van der Waals surface area contributed by atoms with Gasteiger partial charge in [0.15, 0.2) is 5.75 Å². The molecule has 4 heteroatoms. The van der Waals surface area contributed by atoms with Crippen molar-refractivity contribution in [2.75, 3.05) is 5.75 Å². The van der Waals surface area contributed by atoms with E-state index in [2.05, 4.69) is 4.33 Å². The molecule has 0 bridgehead atoms. The lowest BCUT2D eigenvalue weighted by atomic mass is 10.3. The molecule has 0 aliphatic rings. The predicted molar refractivity (Wildman–Crippen MR) is 57.6 cm³/mol. The summed E-state index contributed by atoms with van der Waals surface area (Å²) in [6.07, 6.45) is 0. The molecule has 0 amide bonds. The minimum atomic E-state index is 0.257. The monoisotopic (exact) mass is 211 g/mol. The quantitative estimate of drug-likeness (QED) is 0.332. The van der Waals surface area contributed by atoms with Gasteiger partial charge in [0.2, 0.25) is 0 Å². The predicted octanol–water partition coefficient (Wildman–Crippen LogP) is 3.19. The minimum Gasteiger partial charge on any atom is -0.325 e. The summed E-state index contributed by atoms with van der Waals surface area (Å²) in [7, 11) is 0. The Morgan fingerprint density at radius 2 is 1.93 bits per heavy atom. The van der Waals surface area contributed by atoms with E-state index in [1.54, 1.807) is 12.1 Å². The highest BCUT2D eigenvalue weighted by molar-refractivity contribution is 7.94. The highest BCUT2D eigenvalue weighted by atomic mass is 32.2. The molecule has 76 valence electrons. The fourth-order valence-corrected chi connectivity index (χ4v) is 0.817. The highest BCUT2D eigenvalue weighted by Gasteiger charge is 1.91. The number of nitrogens with zero attached hydrogens (tertiary/aromatic N) is 1. The van der Waals surface area contributed by atoms with Crippen LogP contribution in [0.3, 0.4) is 0 Å². The first-order valence-corrected chi connectivity index (χ1v) is 5.22. The summed E-state index contributed by atoms with van der Waals surface area (Å²) < 4.78 is 4.65. The molecule has 0 N–H and O–H groups in total. The van der Waals surface area contributed by atoms with Gasteiger partial charge in [0.05, 0.1) is 18.1 Å². The Morgan fingerprint density at radius 1 is 1.29 bits per heavy atom. The van der Waals surface area contributed by atoms with Crippen molar-refractivity contribution in [3.8, 4) is 11.8 Å². The maximum atomic E-state index is 8.16. The van der Waals surface area contributed by atoms with Crippen molar-refractivity contribution in [2.24, 2.45) is 0 Å². The summed E-state index contributed by atoms with van der Waals surface area (Å²) >= 11 is 0.965. The molecule has 0 saturated heterocycles. The van der Waals surface area contributed by atoms with E-state index < -0.39 is 0 Å². The standard InChI is InChI=1S/C8H7NO2S.C2H6/c9-6-7-12-11-10-8-4-2-1-3-5-8;1-2/h1-5H,7H2;1-2H3. The van der Waals surface area contributed by atoms with Crippen molar-refractivity contribution in [3.63, 3.8) is 0 Å². The van der Waals surface area contributed by atoms with Crippen LogP contribution in [0.5, 0.6) is 5.75 Å². The molecule has 0 heterocycles. The normalized spacial score (nSPS) is 8.07. The molecule has 3 nitrogen and oxygen atoms in total. The average Bonchev–Trinajstić information content (AvgIpc) is 2.29. The third-order valence-electron chi connectivity index (χ3n) is 1.05. The Hall–Kier alpha value is -1.18.